The monoisotopic (exact) mass is 239 g/mol. The van der Waals surface area contributed by atoms with Gasteiger partial charge in [0.25, 0.3) is 0 Å². The molecule has 0 aliphatic heterocycles. The second-order valence-electron chi connectivity index (χ2n) is 4.20. The fraction of sp³-hybridized carbons (Fsp3) is 0.182. The number of hydrogen-bond acceptors (Lipinski definition) is 5. The van der Waals surface area contributed by atoms with E-state index in [0.29, 0.717) is 0 Å². The van der Waals surface area contributed by atoms with Gasteiger partial charge in [-0.05, 0) is 12.1 Å². The van der Waals surface area contributed by atoms with E-state index < -0.39 is 0 Å². The summed E-state index contributed by atoms with van der Waals surface area (Å²) in [5.41, 5.74) is 4.07. The summed E-state index contributed by atoms with van der Waals surface area (Å²) in [4.78, 5) is 7.53. The number of benzene rings is 1. The maximum Gasteiger partial charge on any atom is 0.139 e. The van der Waals surface area contributed by atoms with Crippen molar-refractivity contribution in [2.45, 2.75) is 0 Å². The van der Waals surface area contributed by atoms with E-state index in [4.69, 9.17) is 0 Å². The highest BCUT2D eigenvalue weighted by Gasteiger charge is 2.12. The molecule has 18 heavy (non-hydrogen) atoms. The van der Waals surface area contributed by atoms with Gasteiger partial charge in [-0.2, -0.15) is 30.0 Å². The predicted octanol–water partition coefficient (Wildman–Crippen LogP) is 0.798. The quantitative estimate of drug-likeness (QED) is 0.453. The Morgan fingerprint density at radius 2 is 1.50 bits per heavy atom. The van der Waals surface area contributed by atoms with Gasteiger partial charge in [0.15, 0.2) is 0 Å². The van der Waals surface area contributed by atoms with E-state index in [-0.39, 0.29) is 0 Å². The van der Waals surface area contributed by atoms with Crippen molar-refractivity contribution in [2.24, 2.45) is 14.1 Å². The minimum Gasteiger partial charge on any atom is -0.251 e. The second kappa shape index (κ2) is 3.00. The van der Waals surface area contributed by atoms with Gasteiger partial charge in [-0.15, -0.1) is 0 Å². The first-order valence-electron chi connectivity index (χ1n) is 5.52. The highest BCUT2D eigenvalue weighted by molar-refractivity contribution is 6.10. The fourth-order valence-electron chi connectivity index (χ4n) is 2.22. The Labute approximate surface area is 101 Å². The lowest BCUT2D eigenvalue weighted by Gasteiger charge is -1.96. The van der Waals surface area contributed by atoms with E-state index in [1.807, 2.05) is 12.1 Å². The van der Waals surface area contributed by atoms with E-state index >= 15 is 0 Å². The lowest BCUT2D eigenvalue weighted by atomic mass is 10.1. The van der Waals surface area contributed by atoms with Gasteiger partial charge in [0.1, 0.15) is 27.6 Å². The van der Waals surface area contributed by atoms with E-state index in [0.717, 1.165) is 33.0 Å². The Kier molecular flexibility index (Phi) is 1.58. The standard InChI is InChI=1S/C11H9N7/c1-17-13-7-4-3-6-9-8(14-18(2)15-9)5-12-10(6)11(7)16-17/h3-5H,1-2H3. The van der Waals surface area contributed by atoms with E-state index in [1.54, 1.807) is 29.9 Å². The summed E-state index contributed by atoms with van der Waals surface area (Å²) in [5, 5.41) is 18.2. The molecular formula is C11H9N7. The molecule has 0 aliphatic rings. The molecule has 7 heteroatoms. The van der Waals surface area contributed by atoms with Crippen molar-refractivity contribution < 1.29 is 0 Å². The lowest BCUT2D eigenvalue weighted by Crippen LogP contribution is -1.90. The van der Waals surface area contributed by atoms with Gasteiger partial charge in [-0.1, -0.05) is 0 Å². The first kappa shape index (κ1) is 9.46. The molecule has 0 aliphatic carbocycles. The van der Waals surface area contributed by atoms with E-state index in [9.17, 15) is 0 Å². The minimum absolute atomic E-state index is 0.785. The summed E-state index contributed by atoms with van der Waals surface area (Å²) in [6, 6.07) is 3.90. The number of fused-ring (bicyclic) bond motifs is 5. The molecule has 3 aromatic heterocycles. The molecule has 3 heterocycles. The zero-order valence-electron chi connectivity index (χ0n) is 9.86. The molecule has 0 radical (unpaired) electrons. The summed E-state index contributed by atoms with van der Waals surface area (Å²) in [7, 11) is 3.60. The molecule has 7 nitrogen and oxygen atoms in total. The molecule has 0 amide bonds. The summed E-state index contributed by atoms with van der Waals surface area (Å²) in [6.45, 7) is 0. The lowest BCUT2D eigenvalue weighted by molar-refractivity contribution is 0.665. The van der Waals surface area contributed by atoms with Crippen molar-refractivity contribution in [3.05, 3.63) is 18.3 Å². The molecule has 0 bridgehead atoms. The van der Waals surface area contributed by atoms with Gasteiger partial charge in [0, 0.05) is 19.5 Å². The molecule has 4 rings (SSSR count). The number of rotatable bonds is 0. The summed E-state index contributed by atoms with van der Waals surface area (Å²) < 4.78 is 0. The first-order chi connectivity index (χ1) is 8.72. The highest BCUT2D eigenvalue weighted by atomic mass is 15.5. The van der Waals surface area contributed by atoms with Crippen molar-refractivity contribution in [3.63, 3.8) is 0 Å². The van der Waals surface area contributed by atoms with Crippen LogP contribution in [0.15, 0.2) is 18.3 Å². The second-order valence-corrected chi connectivity index (χ2v) is 4.20. The number of nitrogens with zero attached hydrogens (tertiary/aromatic N) is 7. The smallest absolute Gasteiger partial charge is 0.139 e. The normalized spacial score (nSPS) is 11.9. The van der Waals surface area contributed by atoms with Gasteiger partial charge in [0.2, 0.25) is 0 Å². The van der Waals surface area contributed by atoms with Crippen molar-refractivity contribution in [1.29, 1.82) is 0 Å². The Bertz CT molecular complexity index is 826. The first-order valence-corrected chi connectivity index (χ1v) is 5.52. The molecule has 0 saturated carbocycles. The maximum atomic E-state index is 4.43. The van der Waals surface area contributed by atoms with Crippen molar-refractivity contribution in [2.75, 3.05) is 0 Å². The van der Waals surface area contributed by atoms with Crippen molar-refractivity contribution >= 4 is 33.0 Å². The third kappa shape index (κ3) is 1.10. The predicted molar refractivity (Wildman–Crippen MR) is 65.9 cm³/mol. The molecular weight excluding hydrogens is 230 g/mol. The van der Waals surface area contributed by atoms with Gasteiger partial charge < -0.3 is 0 Å². The molecule has 1 aromatic carbocycles. The average Bonchev–Trinajstić information content (AvgIpc) is 2.89. The van der Waals surface area contributed by atoms with Crippen LogP contribution < -0.4 is 0 Å². The van der Waals surface area contributed by atoms with Crippen LogP contribution in [0.2, 0.25) is 0 Å². The van der Waals surface area contributed by atoms with E-state index in [2.05, 4.69) is 25.4 Å². The van der Waals surface area contributed by atoms with Gasteiger partial charge >= 0.3 is 0 Å². The number of aromatic nitrogens is 7. The van der Waals surface area contributed by atoms with Gasteiger partial charge in [-0.3, -0.25) is 4.98 Å². The van der Waals surface area contributed by atoms with Crippen LogP contribution in [-0.2, 0) is 14.1 Å². The fourth-order valence-corrected chi connectivity index (χ4v) is 2.22. The highest BCUT2D eigenvalue weighted by Crippen LogP contribution is 2.25. The number of hydrogen-bond donors (Lipinski definition) is 0. The minimum atomic E-state index is 0.785. The Hall–Kier alpha value is -2.57. The molecule has 0 fully saturated rings. The summed E-state index contributed by atoms with van der Waals surface area (Å²) >= 11 is 0. The average molecular weight is 239 g/mol. The van der Waals surface area contributed by atoms with Crippen LogP contribution in [0.5, 0.6) is 0 Å². The zero-order valence-corrected chi connectivity index (χ0v) is 9.86. The van der Waals surface area contributed by atoms with Crippen LogP contribution in [0.25, 0.3) is 33.0 Å². The SMILES string of the molecule is Cn1nc2cnc3c(ccc4nn(C)nc43)c2n1. The zero-order chi connectivity index (χ0) is 12.3. The van der Waals surface area contributed by atoms with Crippen LogP contribution in [0.3, 0.4) is 0 Å². The molecule has 4 aromatic rings. The van der Waals surface area contributed by atoms with Crippen LogP contribution >= 0.6 is 0 Å². The topological polar surface area (TPSA) is 74.3 Å². The Morgan fingerprint density at radius 3 is 2.33 bits per heavy atom. The van der Waals surface area contributed by atoms with Crippen LogP contribution in [0.4, 0.5) is 0 Å². The van der Waals surface area contributed by atoms with E-state index in [1.165, 1.54) is 0 Å². The molecule has 0 atom stereocenters. The molecule has 0 N–H and O–H groups in total. The molecule has 88 valence electrons. The van der Waals surface area contributed by atoms with Gasteiger partial charge in [-0.25, -0.2) is 0 Å². The van der Waals surface area contributed by atoms with Crippen LogP contribution in [0, 0.1) is 0 Å². The Morgan fingerprint density at radius 1 is 0.778 bits per heavy atom. The Balaban J connectivity index is 2.29. The molecule has 0 unspecified atom stereocenters. The van der Waals surface area contributed by atoms with Gasteiger partial charge in [0.05, 0.1) is 6.20 Å². The summed E-state index contributed by atoms with van der Waals surface area (Å²) in [6.07, 6.45) is 1.72. The number of pyridine rings is 1. The largest absolute Gasteiger partial charge is 0.251 e. The molecule has 0 spiro atoms. The summed E-state index contributed by atoms with van der Waals surface area (Å²) in [5.74, 6) is 0. The third-order valence-electron chi connectivity index (χ3n) is 2.94. The third-order valence-corrected chi connectivity index (χ3v) is 2.94. The maximum absolute atomic E-state index is 4.43. The number of aryl methyl sites for hydroxylation is 2. The van der Waals surface area contributed by atoms with Crippen molar-refractivity contribution in [1.82, 2.24) is 35.0 Å². The van der Waals surface area contributed by atoms with Crippen LogP contribution in [-0.4, -0.2) is 35.0 Å². The van der Waals surface area contributed by atoms with Crippen molar-refractivity contribution in [3.8, 4) is 0 Å². The molecule has 0 saturated heterocycles. The van der Waals surface area contributed by atoms with Crippen LogP contribution in [0.1, 0.15) is 0 Å².